The second-order valence-electron chi connectivity index (χ2n) is 6.74. The van der Waals surface area contributed by atoms with Gasteiger partial charge in [0.15, 0.2) is 0 Å². The van der Waals surface area contributed by atoms with Crippen LogP contribution in [0.25, 0.3) is 0 Å². The number of imide groups is 3. The zero-order chi connectivity index (χ0) is 22.1. The zero-order valence-electron chi connectivity index (χ0n) is 17.1. The van der Waals surface area contributed by atoms with Crippen LogP contribution in [0, 0.1) is 11.3 Å². The van der Waals surface area contributed by atoms with E-state index in [9.17, 15) is 24.0 Å². The van der Waals surface area contributed by atoms with Crippen molar-refractivity contribution in [3.63, 3.8) is 0 Å². The van der Waals surface area contributed by atoms with E-state index in [4.69, 9.17) is 5.73 Å². The van der Waals surface area contributed by atoms with E-state index in [2.05, 4.69) is 26.6 Å². The summed E-state index contributed by atoms with van der Waals surface area (Å²) in [5.41, 5.74) is 3.71. The highest BCUT2D eigenvalue weighted by molar-refractivity contribution is 9.10. The molecule has 9 nitrogen and oxygen atoms in total. The Labute approximate surface area is 174 Å². The predicted molar refractivity (Wildman–Crippen MR) is 108 cm³/mol. The number of hydrogen-bond donors (Lipinski definition) is 4. The molecular weight excluding hydrogens is 432 g/mol. The maximum absolute atomic E-state index is 11.9. The smallest absolute Gasteiger partial charge is 0.328 e. The van der Waals surface area contributed by atoms with Crippen molar-refractivity contribution in [2.24, 2.45) is 17.1 Å². The number of carbonyl (C=O) groups is 5. The second kappa shape index (κ2) is 11.1. The van der Waals surface area contributed by atoms with Gasteiger partial charge >= 0.3 is 12.1 Å². The molecule has 0 saturated carbocycles. The van der Waals surface area contributed by atoms with Gasteiger partial charge in [-0.1, -0.05) is 57.0 Å². The summed E-state index contributed by atoms with van der Waals surface area (Å²) >= 11 is 3.26. The molecule has 0 aromatic carbocycles. The Kier molecular flexibility index (Phi) is 10.4. The van der Waals surface area contributed by atoms with Crippen molar-refractivity contribution in [1.29, 1.82) is 0 Å². The fourth-order valence-electron chi connectivity index (χ4n) is 3.16. The van der Waals surface area contributed by atoms with E-state index >= 15 is 0 Å². The number of carbonyl (C=O) groups excluding carboxylic acids is 5. The van der Waals surface area contributed by atoms with Crippen molar-refractivity contribution in [3.05, 3.63) is 0 Å². The van der Waals surface area contributed by atoms with E-state index in [1.54, 1.807) is 6.92 Å². The Morgan fingerprint density at radius 2 is 1.57 bits per heavy atom. The number of alkyl halides is 1. The Morgan fingerprint density at radius 3 is 1.89 bits per heavy atom. The van der Waals surface area contributed by atoms with Gasteiger partial charge in [-0.25, -0.2) is 9.59 Å². The van der Waals surface area contributed by atoms with E-state index in [1.807, 2.05) is 33.0 Å². The van der Waals surface area contributed by atoms with Crippen molar-refractivity contribution in [2.75, 3.05) is 0 Å². The number of halogens is 1. The fraction of sp³-hybridized carbons (Fsp3) is 0.722. The van der Waals surface area contributed by atoms with Crippen molar-refractivity contribution >= 4 is 45.7 Å². The van der Waals surface area contributed by atoms with E-state index < -0.39 is 33.6 Å². The molecule has 0 spiro atoms. The molecule has 1 aliphatic heterocycles. The van der Waals surface area contributed by atoms with Crippen LogP contribution in [-0.2, 0) is 14.4 Å². The predicted octanol–water partition coefficient (Wildman–Crippen LogP) is 2.32. The number of nitrogens with one attached hydrogen (secondary N) is 3. The lowest BCUT2D eigenvalue weighted by molar-refractivity contribution is -0.148. The Bertz CT molecular complexity index is 599. The highest BCUT2D eigenvalue weighted by Crippen LogP contribution is 2.36. The fourth-order valence-corrected chi connectivity index (χ4v) is 3.25. The first kappa shape index (κ1) is 26.0. The van der Waals surface area contributed by atoms with Crippen molar-refractivity contribution in [1.82, 2.24) is 16.0 Å². The van der Waals surface area contributed by atoms with Gasteiger partial charge < -0.3 is 5.73 Å². The normalized spacial score (nSPS) is 16.9. The zero-order valence-corrected chi connectivity index (χ0v) is 18.7. The molecule has 1 aliphatic rings. The van der Waals surface area contributed by atoms with Crippen molar-refractivity contribution < 1.29 is 24.0 Å². The van der Waals surface area contributed by atoms with E-state index in [0.717, 1.165) is 12.8 Å². The summed E-state index contributed by atoms with van der Waals surface area (Å²) in [5.74, 6) is -1.38. The van der Waals surface area contributed by atoms with Crippen LogP contribution in [0.5, 0.6) is 0 Å². The minimum absolute atomic E-state index is 0.0735. The Balaban J connectivity index is 0.000000546. The summed E-state index contributed by atoms with van der Waals surface area (Å²) in [6, 6.07) is -1.53. The number of primary amides is 1. The van der Waals surface area contributed by atoms with Crippen molar-refractivity contribution in [3.8, 4) is 0 Å². The third-order valence-corrected chi connectivity index (χ3v) is 6.63. The van der Waals surface area contributed by atoms with Crippen LogP contribution in [0.2, 0.25) is 0 Å². The molecule has 0 aliphatic carbocycles. The highest BCUT2D eigenvalue weighted by Gasteiger charge is 2.52. The lowest BCUT2D eigenvalue weighted by atomic mass is 9.70. The molecule has 10 heteroatoms. The van der Waals surface area contributed by atoms with Crippen LogP contribution in [0.3, 0.4) is 0 Å². The minimum atomic E-state index is -1.09. The molecule has 160 valence electrons. The largest absolute Gasteiger partial charge is 0.351 e. The molecule has 7 amide bonds. The molecule has 0 bridgehead atoms. The number of hydrogen-bond acceptors (Lipinski definition) is 5. The van der Waals surface area contributed by atoms with Crippen LogP contribution in [0.1, 0.15) is 66.7 Å². The number of barbiturate groups is 1. The highest BCUT2D eigenvalue weighted by atomic mass is 79.9. The van der Waals surface area contributed by atoms with E-state index in [1.165, 1.54) is 0 Å². The summed E-state index contributed by atoms with van der Waals surface area (Å²) < 4.78 is -0.665. The first-order chi connectivity index (χ1) is 12.9. The van der Waals surface area contributed by atoms with E-state index in [0.29, 0.717) is 19.3 Å². The standard InChI is InChI=1S/C11H18N2O3.C7H13BrN2O2/c1-4-6-7(3)11(5-2)8(14)12-10(16)13-9(11)15;1-3-7(8,4-2)5(11)10-6(9)12/h7H,4-6H2,1-3H3,(H2,12,13,14,15,16);3-4H2,1-2H3,(H3,9,10,11,12). The SMILES string of the molecule is CCC(Br)(CC)C(=O)NC(N)=O.CCCC(C)C1(CC)C(=O)NC(=O)NC1=O. The van der Waals surface area contributed by atoms with Gasteiger partial charge in [-0.15, -0.1) is 0 Å². The average molecular weight is 463 g/mol. The maximum Gasteiger partial charge on any atom is 0.328 e. The Hall–Kier alpha value is -1.97. The first-order valence-electron chi connectivity index (χ1n) is 9.41. The van der Waals surface area contributed by atoms with Gasteiger partial charge in [0, 0.05) is 0 Å². The maximum atomic E-state index is 11.9. The molecule has 1 fully saturated rings. The number of urea groups is 2. The molecule has 0 aromatic heterocycles. The molecule has 1 rings (SSSR count). The van der Waals surface area contributed by atoms with Gasteiger partial charge in [-0.3, -0.25) is 30.3 Å². The third kappa shape index (κ3) is 6.02. The molecular formula is C18H31BrN4O5. The molecule has 1 atom stereocenters. The second-order valence-corrected chi connectivity index (χ2v) is 8.26. The van der Waals surface area contributed by atoms with Gasteiger partial charge in [0.2, 0.25) is 17.7 Å². The van der Waals surface area contributed by atoms with Gasteiger partial charge in [0.05, 0.1) is 0 Å². The molecule has 1 heterocycles. The third-order valence-electron chi connectivity index (χ3n) is 5.15. The lowest BCUT2D eigenvalue weighted by Gasteiger charge is -2.37. The molecule has 0 aromatic rings. The van der Waals surface area contributed by atoms with Crippen LogP contribution in [0.15, 0.2) is 0 Å². The summed E-state index contributed by atoms with van der Waals surface area (Å²) in [4.78, 5) is 56.4. The van der Waals surface area contributed by atoms with Crippen LogP contribution < -0.4 is 21.7 Å². The van der Waals surface area contributed by atoms with Crippen molar-refractivity contribution in [2.45, 2.75) is 71.0 Å². The molecule has 5 N–H and O–H groups in total. The monoisotopic (exact) mass is 462 g/mol. The molecule has 1 saturated heterocycles. The molecule has 0 radical (unpaired) electrons. The summed E-state index contributed by atoms with van der Waals surface area (Å²) in [6.07, 6.45) is 3.31. The summed E-state index contributed by atoms with van der Waals surface area (Å²) in [5, 5.41) is 6.40. The number of rotatable bonds is 7. The van der Waals surface area contributed by atoms with E-state index in [-0.39, 0.29) is 11.8 Å². The van der Waals surface area contributed by atoms with Gasteiger partial charge in [0.25, 0.3) is 0 Å². The topological polar surface area (TPSA) is 147 Å². The van der Waals surface area contributed by atoms with Crippen LogP contribution in [-0.4, -0.2) is 34.1 Å². The number of amides is 7. The summed E-state index contributed by atoms with van der Waals surface area (Å²) in [7, 11) is 0. The molecule has 1 unspecified atom stereocenters. The van der Waals surface area contributed by atoms with Gasteiger partial charge in [-0.2, -0.15) is 0 Å². The quantitative estimate of drug-likeness (QED) is 0.338. The average Bonchev–Trinajstić information content (AvgIpc) is 2.61. The van der Waals surface area contributed by atoms with Gasteiger partial charge in [0.1, 0.15) is 9.74 Å². The molecule has 28 heavy (non-hydrogen) atoms. The number of nitrogens with two attached hydrogens (primary N) is 1. The lowest BCUT2D eigenvalue weighted by Crippen LogP contribution is -2.64. The minimum Gasteiger partial charge on any atom is -0.351 e. The van der Waals surface area contributed by atoms with Crippen LogP contribution >= 0.6 is 15.9 Å². The summed E-state index contributed by atoms with van der Waals surface area (Å²) in [6.45, 7) is 9.39. The Morgan fingerprint density at radius 1 is 1.11 bits per heavy atom. The van der Waals surface area contributed by atoms with Crippen LogP contribution in [0.4, 0.5) is 9.59 Å². The van der Waals surface area contributed by atoms with Gasteiger partial charge in [-0.05, 0) is 31.6 Å². The first-order valence-corrected chi connectivity index (χ1v) is 10.2.